The molecule has 1 saturated heterocycles. The second-order valence-electron chi connectivity index (χ2n) is 4.55. The van der Waals surface area contributed by atoms with Gasteiger partial charge in [-0.1, -0.05) is 6.07 Å². The van der Waals surface area contributed by atoms with Gasteiger partial charge < -0.3 is 10.5 Å². The Morgan fingerprint density at radius 2 is 2.29 bits per heavy atom. The molecular formula is C13H21N3O. The summed E-state index contributed by atoms with van der Waals surface area (Å²) >= 11 is 0. The van der Waals surface area contributed by atoms with E-state index >= 15 is 0 Å². The number of pyridine rings is 1. The first-order valence-electron chi connectivity index (χ1n) is 6.22. The molecule has 2 N–H and O–H groups in total. The molecule has 4 nitrogen and oxygen atoms in total. The van der Waals surface area contributed by atoms with Crippen LogP contribution in [0.1, 0.15) is 24.4 Å². The van der Waals surface area contributed by atoms with Crippen LogP contribution in [-0.2, 0) is 4.74 Å². The fourth-order valence-corrected chi connectivity index (χ4v) is 2.46. The summed E-state index contributed by atoms with van der Waals surface area (Å²) in [5.41, 5.74) is 7.11. The van der Waals surface area contributed by atoms with Crippen LogP contribution >= 0.6 is 0 Å². The highest BCUT2D eigenvalue weighted by molar-refractivity contribution is 5.14. The highest BCUT2D eigenvalue weighted by atomic mass is 16.5. The largest absolute Gasteiger partial charge is 0.381 e. The molecule has 4 heteroatoms. The van der Waals surface area contributed by atoms with Crippen molar-refractivity contribution in [2.75, 3.05) is 26.8 Å². The Kier molecular flexibility index (Phi) is 4.48. The quantitative estimate of drug-likeness (QED) is 0.852. The van der Waals surface area contributed by atoms with Crippen molar-refractivity contribution in [2.45, 2.75) is 24.9 Å². The molecule has 0 radical (unpaired) electrons. The monoisotopic (exact) mass is 235 g/mol. The minimum atomic E-state index is 0.256. The summed E-state index contributed by atoms with van der Waals surface area (Å²) in [4.78, 5) is 6.55. The number of aromatic nitrogens is 1. The lowest BCUT2D eigenvalue weighted by molar-refractivity contribution is 0.0293. The lowest BCUT2D eigenvalue weighted by atomic mass is 10.0. The van der Waals surface area contributed by atoms with Gasteiger partial charge in [0.15, 0.2) is 0 Å². The van der Waals surface area contributed by atoms with E-state index in [1.54, 1.807) is 6.20 Å². The molecule has 1 aliphatic heterocycles. The number of nitrogens with two attached hydrogens (primary N) is 1. The topological polar surface area (TPSA) is 51.4 Å². The van der Waals surface area contributed by atoms with Gasteiger partial charge in [-0.25, -0.2) is 0 Å². The van der Waals surface area contributed by atoms with Crippen molar-refractivity contribution in [3.63, 3.8) is 0 Å². The molecule has 1 fully saturated rings. The molecule has 2 rings (SSSR count). The molecule has 2 heterocycles. The summed E-state index contributed by atoms with van der Waals surface area (Å²) < 4.78 is 5.40. The normalized spacial score (nSPS) is 19.5. The molecule has 1 aromatic heterocycles. The van der Waals surface area contributed by atoms with Gasteiger partial charge in [0, 0.05) is 44.2 Å². The van der Waals surface area contributed by atoms with Crippen LogP contribution in [0.3, 0.4) is 0 Å². The van der Waals surface area contributed by atoms with Gasteiger partial charge in [0.2, 0.25) is 0 Å². The number of rotatable bonds is 4. The summed E-state index contributed by atoms with van der Waals surface area (Å²) in [6.45, 7) is 2.35. The fraction of sp³-hybridized carbons (Fsp3) is 0.615. The van der Waals surface area contributed by atoms with Gasteiger partial charge in [-0.15, -0.1) is 0 Å². The van der Waals surface area contributed by atoms with Crippen LogP contribution in [0.4, 0.5) is 0 Å². The van der Waals surface area contributed by atoms with Crippen LogP contribution in [0.5, 0.6) is 0 Å². The Bertz CT molecular complexity index is 325. The molecule has 94 valence electrons. The van der Waals surface area contributed by atoms with Gasteiger partial charge in [0.05, 0.1) is 0 Å². The van der Waals surface area contributed by atoms with E-state index in [0.29, 0.717) is 12.6 Å². The molecule has 1 unspecified atom stereocenters. The van der Waals surface area contributed by atoms with Gasteiger partial charge in [-0.05, 0) is 31.5 Å². The number of hydrogen-bond acceptors (Lipinski definition) is 4. The van der Waals surface area contributed by atoms with Crippen LogP contribution in [-0.4, -0.2) is 42.7 Å². The van der Waals surface area contributed by atoms with Gasteiger partial charge in [0.25, 0.3) is 0 Å². The lowest BCUT2D eigenvalue weighted by Gasteiger charge is -2.36. The van der Waals surface area contributed by atoms with Crippen molar-refractivity contribution >= 4 is 0 Å². The van der Waals surface area contributed by atoms with Crippen molar-refractivity contribution in [1.29, 1.82) is 0 Å². The molecule has 0 amide bonds. The molecule has 0 spiro atoms. The maximum atomic E-state index is 5.91. The number of nitrogens with zero attached hydrogens (tertiary/aromatic N) is 2. The predicted octanol–water partition coefficient (Wildman–Crippen LogP) is 1.19. The minimum absolute atomic E-state index is 0.256. The van der Waals surface area contributed by atoms with Crippen LogP contribution in [0.15, 0.2) is 24.5 Å². The van der Waals surface area contributed by atoms with Crippen molar-refractivity contribution in [1.82, 2.24) is 9.88 Å². The van der Waals surface area contributed by atoms with Gasteiger partial charge in [-0.3, -0.25) is 9.88 Å². The number of likely N-dealkylation sites (N-methyl/N-ethyl adjacent to an activating group) is 1. The third-order valence-electron chi connectivity index (χ3n) is 3.55. The van der Waals surface area contributed by atoms with E-state index < -0.39 is 0 Å². The molecule has 0 saturated carbocycles. The average molecular weight is 235 g/mol. The summed E-state index contributed by atoms with van der Waals surface area (Å²) in [7, 11) is 2.15. The summed E-state index contributed by atoms with van der Waals surface area (Å²) in [6.07, 6.45) is 5.89. The zero-order valence-electron chi connectivity index (χ0n) is 10.4. The molecular weight excluding hydrogens is 214 g/mol. The zero-order chi connectivity index (χ0) is 12.1. The SMILES string of the molecule is CN(C1CCOCC1)C(CN)c1cccnc1. The fourth-order valence-electron chi connectivity index (χ4n) is 2.46. The standard InChI is InChI=1S/C13H21N3O/c1-16(12-4-7-17-8-5-12)13(9-14)11-3-2-6-15-10-11/h2-3,6,10,12-13H,4-5,7-9,14H2,1H3. The lowest BCUT2D eigenvalue weighted by Crippen LogP contribution is -2.41. The third kappa shape index (κ3) is 3.03. The average Bonchev–Trinajstić information content (AvgIpc) is 2.42. The Balaban J connectivity index is 2.07. The summed E-state index contributed by atoms with van der Waals surface area (Å²) in [6, 6.07) is 4.89. The van der Waals surface area contributed by atoms with Gasteiger partial charge in [0.1, 0.15) is 0 Å². The van der Waals surface area contributed by atoms with Crippen LogP contribution in [0.25, 0.3) is 0 Å². The van der Waals surface area contributed by atoms with Gasteiger partial charge in [-0.2, -0.15) is 0 Å². The first-order chi connectivity index (χ1) is 8.33. The Morgan fingerprint density at radius 3 is 2.88 bits per heavy atom. The predicted molar refractivity (Wildman–Crippen MR) is 67.6 cm³/mol. The highest BCUT2D eigenvalue weighted by Gasteiger charge is 2.25. The highest BCUT2D eigenvalue weighted by Crippen LogP contribution is 2.23. The Morgan fingerprint density at radius 1 is 1.53 bits per heavy atom. The number of hydrogen-bond donors (Lipinski definition) is 1. The van der Waals surface area contributed by atoms with Crippen LogP contribution < -0.4 is 5.73 Å². The molecule has 0 aliphatic carbocycles. The summed E-state index contributed by atoms with van der Waals surface area (Å²) in [5.74, 6) is 0. The van der Waals surface area contributed by atoms with E-state index in [1.807, 2.05) is 12.3 Å². The van der Waals surface area contributed by atoms with Crippen molar-refractivity contribution < 1.29 is 4.74 Å². The van der Waals surface area contributed by atoms with E-state index in [4.69, 9.17) is 10.5 Å². The molecule has 1 aliphatic rings. The van der Waals surface area contributed by atoms with Crippen molar-refractivity contribution in [3.05, 3.63) is 30.1 Å². The van der Waals surface area contributed by atoms with E-state index in [-0.39, 0.29) is 6.04 Å². The van der Waals surface area contributed by atoms with E-state index in [1.165, 1.54) is 5.56 Å². The second kappa shape index (κ2) is 6.10. The van der Waals surface area contributed by atoms with Crippen molar-refractivity contribution in [3.8, 4) is 0 Å². The number of ether oxygens (including phenoxy) is 1. The van der Waals surface area contributed by atoms with Crippen molar-refractivity contribution in [2.24, 2.45) is 5.73 Å². The Labute approximate surface area is 103 Å². The van der Waals surface area contributed by atoms with Gasteiger partial charge >= 0.3 is 0 Å². The molecule has 0 bridgehead atoms. The van der Waals surface area contributed by atoms with Crippen LogP contribution in [0, 0.1) is 0 Å². The van der Waals surface area contributed by atoms with Crippen LogP contribution in [0.2, 0.25) is 0 Å². The molecule has 1 atom stereocenters. The van der Waals surface area contributed by atoms with E-state index in [9.17, 15) is 0 Å². The first kappa shape index (κ1) is 12.5. The smallest absolute Gasteiger partial charge is 0.0485 e. The van der Waals surface area contributed by atoms with E-state index in [0.717, 1.165) is 26.1 Å². The molecule has 17 heavy (non-hydrogen) atoms. The third-order valence-corrected chi connectivity index (χ3v) is 3.55. The second-order valence-corrected chi connectivity index (χ2v) is 4.55. The zero-order valence-corrected chi connectivity index (χ0v) is 10.4. The minimum Gasteiger partial charge on any atom is -0.381 e. The first-order valence-corrected chi connectivity index (χ1v) is 6.22. The van der Waals surface area contributed by atoms with E-state index in [2.05, 4.69) is 23.0 Å². The maximum absolute atomic E-state index is 5.91. The molecule has 1 aromatic rings. The maximum Gasteiger partial charge on any atom is 0.0485 e. The Hall–Kier alpha value is -0.970. The summed E-state index contributed by atoms with van der Waals surface area (Å²) in [5, 5.41) is 0. The molecule has 0 aromatic carbocycles.